The number of hydrogen-bond donors (Lipinski definition) is 1. The molecule has 6 nitrogen and oxygen atoms in total. The zero-order chi connectivity index (χ0) is 18.4. The number of nitrogens with zero attached hydrogens (tertiary/aromatic N) is 1. The van der Waals surface area contributed by atoms with Gasteiger partial charge in [-0.05, 0) is 36.4 Å². The number of carbonyl (C=O) groups is 1. The lowest BCUT2D eigenvalue weighted by molar-refractivity contribution is -0.116. The predicted octanol–water partition coefficient (Wildman–Crippen LogP) is 2.48. The van der Waals surface area contributed by atoms with Gasteiger partial charge in [-0.2, -0.15) is 4.31 Å². The molecule has 0 radical (unpaired) electrons. The largest absolute Gasteiger partial charge is 0.497 e. The smallest absolute Gasteiger partial charge is 0.246 e. The minimum atomic E-state index is -4.10. The van der Waals surface area contributed by atoms with Crippen LogP contribution in [0.25, 0.3) is 0 Å². The summed E-state index contributed by atoms with van der Waals surface area (Å²) >= 11 is 0. The molecule has 1 amide bonds. The molecule has 25 heavy (non-hydrogen) atoms. The van der Waals surface area contributed by atoms with Crippen molar-refractivity contribution in [2.24, 2.45) is 0 Å². The van der Waals surface area contributed by atoms with Crippen LogP contribution in [-0.2, 0) is 14.8 Å². The van der Waals surface area contributed by atoms with E-state index in [1.807, 2.05) is 0 Å². The third kappa shape index (κ3) is 4.55. The van der Waals surface area contributed by atoms with Gasteiger partial charge >= 0.3 is 0 Å². The Morgan fingerprint density at radius 1 is 1.16 bits per heavy atom. The molecule has 0 heterocycles. The summed E-state index contributed by atoms with van der Waals surface area (Å²) in [5.74, 6) is -0.737. The molecular weight excluding hydrogens is 347 g/mol. The third-order valence-electron chi connectivity index (χ3n) is 3.50. The fourth-order valence-corrected chi connectivity index (χ4v) is 3.67. The first kappa shape index (κ1) is 18.9. The quantitative estimate of drug-likeness (QED) is 0.817. The molecule has 2 aromatic rings. The molecule has 0 unspecified atom stereocenters. The molecule has 0 saturated carbocycles. The number of hydrogen-bond acceptors (Lipinski definition) is 4. The van der Waals surface area contributed by atoms with E-state index < -0.39 is 33.2 Å². The van der Waals surface area contributed by atoms with Crippen LogP contribution in [0.3, 0.4) is 0 Å². The maximum Gasteiger partial charge on any atom is 0.246 e. The van der Waals surface area contributed by atoms with E-state index in [1.54, 1.807) is 31.2 Å². The van der Waals surface area contributed by atoms with Gasteiger partial charge in [-0.3, -0.25) is 4.79 Å². The Hall–Kier alpha value is -2.45. The van der Waals surface area contributed by atoms with Crippen LogP contribution in [0, 0.1) is 5.82 Å². The molecule has 0 bridgehead atoms. The number of ether oxygens (including phenoxy) is 1. The number of sulfonamides is 1. The first-order valence-corrected chi connectivity index (χ1v) is 9.01. The summed E-state index contributed by atoms with van der Waals surface area (Å²) in [6.07, 6.45) is 0. The molecule has 0 aliphatic carbocycles. The molecule has 1 N–H and O–H groups in total. The number of amides is 1. The molecule has 2 aromatic carbocycles. The van der Waals surface area contributed by atoms with Gasteiger partial charge in [0.1, 0.15) is 16.5 Å². The van der Waals surface area contributed by atoms with Crippen LogP contribution in [0.2, 0.25) is 0 Å². The number of nitrogens with one attached hydrogen (secondary N) is 1. The molecule has 134 valence electrons. The molecule has 0 saturated heterocycles. The minimum absolute atomic E-state index is 0.0344. The monoisotopic (exact) mass is 366 g/mol. The SMILES string of the molecule is CCN(CC(=O)Nc1ccc(OC)cc1)S(=O)(=O)c1ccccc1F. The number of carbonyl (C=O) groups excluding carboxylic acids is 1. The molecule has 8 heteroatoms. The van der Waals surface area contributed by atoms with Gasteiger partial charge in [0, 0.05) is 12.2 Å². The molecule has 0 atom stereocenters. The average molecular weight is 366 g/mol. The fourth-order valence-electron chi connectivity index (χ4n) is 2.19. The molecule has 0 aromatic heterocycles. The summed E-state index contributed by atoms with van der Waals surface area (Å²) < 4.78 is 44.9. The maximum atomic E-state index is 13.8. The summed E-state index contributed by atoms with van der Waals surface area (Å²) in [4.78, 5) is 11.7. The van der Waals surface area contributed by atoms with Crippen LogP contribution in [0.15, 0.2) is 53.4 Å². The molecule has 0 fully saturated rings. The Labute approximate surface area is 146 Å². The van der Waals surface area contributed by atoms with Gasteiger partial charge in [0.15, 0.2) is 0 Å². The zero-order valence-electron chi connectivity index (χ0n) is 13.9. The second-order valence-corrected chi connectivity index (χ2v) is 7.04. The van der Waals surface area contributed by atoms with E-state index in [0.29, 0.717) is 11.4 Å². The van der Waals surface area contributed by atoms with Gasteiger partial charge in [-0.15, -0.1) is 0 Å². The molecule has 0 aliphatic rings. The molecule has 0 aliphatic heterocycles. The lowest BCUT2D eigenvalue weighted by atomic mass is 10.3. The Kier molecular flexibility index (Phi) is 6.11. The first-order chi connectivity index (χ1) is 11.9. The van der Waals surface area contributed by atoms with Gasteiger partial charge in [0.2, 0.25) is 15.9 Å². The van der Waals surface area contributed by atoms with E-state index in [-0.39, 0.29) is 6.54 Å². The Morgan fingerprint density at radius 3 is 2.36 bits per heavy atom. The lowest BCUT2D eigenvalue weighted by Gasteiger charge is -2.20. The molecule has 2 rings (SSSR count). The van der Waals surface area contributed by atoms with Crippen LogP contribution in [-0.4, -0.2) is 38.8 Å². The van der Waals surface area contributed by atoms with Gasteiger partial charge in [-0.1, -0.05) is 19.1 Å². The number of rotatable bonds is 7. The van der Waals surface area contributed by atoms with Crippen molar-refractivity contribution in [3.63, 3.8) is 0 Å². The van der Waals surface area contributed by atoms with Crippen molar-refractivity contribution in [1.82, 2.24) is 4.31 Å². The zero-order valence-corrected chi connectivity index (χ0v) is 14.7. The van der Waals surface area contributed by atoms with E-state index >= 15 is 0 Å². The number of benzene rings is 2. The highest BCUT2D eigenvalue weighted by Crippen LogP contribution is 2.19. The van der Waals surface area contributed by atoms with Crippen molar-refractivity contribution >= 4 is 21.6 Å². The standard InChI is InChI=1S/C17H19FN2O4S/c1-3-20(25(22,23)16-7-5-4-6-15(16)18)12-17(21)19-13-8-10-14(24-2)11-9-13/h4-11H,3,12H2,1-2H3,(H,19,21). The van der Waals surface area contributed by atoms with Gasteiger partial charge < -0.3 is 10.1 Å². The number of likely N-dealkylation sites (N-methyl/N-ethyl adjacent to an activating group) is 1. The van der Waals surface area contributed by atoms with E-state index in [4.69, 9.17) is 4.74 Å². The predicted molar refractivity (Wildman–Crippen MR) is 92.5 cm³/mol. The van der Waals surface area contributed by atoms with Crippen molar-refractivity contribution in [2.45, 2.75) is 11.8 Å². The normalized spacial score (nSPS) is 11.4. The fraction of sp³-hybridized carbons (Fsp3) is 0.235. The van der Waals surface area contributed by atoms with Crippen LogP contribution < -0.4 is 10.1 Å². The lowest BCUT2D eigenvalue weighted by Crippen LogP contribution is -2.38. The summed E-state index contributed by atoms with van der Waals surface area (Å²) in [6.45, 7) is 1.20. The minimum Gasteiger partial charge on any atom is -0.497 e. The van der Waals surface area contributed by atoms with E-state index in [0.717, 1.165) is 10.4 Å². The summed E-state index contributed by atoms with van der Waals surface area (Å²) in [5, 5.41) is 2.60. The molecular formula is C17H19FN2O4S. The van der Waals surface area contributed by atoms with E-state index in [9.17, 15) is 17.6 Å². The van der Waals surface area contributed by atoms with Crippen molar-refractivity contribution in [2.75, 3.05) is 25.5 Å². The summed E-state index contributed by atoms with van der Waals surface area (Å²) in [7, 11) is -2.57. The van der Waals surface area contributed by atoms with Crippen molar-refractivity contribution in [3.05, 3.63) is 54.3 Å². The van der Waals surface area contributed by atoms with Crippen molar-refractivity contribution in [3.8, 4) is 5.75 Å². The van der Waals surface area contributed by atoms with Crippen molar-refractivity contribution < 1.29 is 22.3 Å². The Bertz CT molecular complexity index is 838. The summed E-state index contributed by atoms with van der Waals surface area (Å²) in [6, 6.07) is 11.7. The van der Waals surface area contributed by atoms with Gasteiger partial charge in [0.25, 0.3) is 0 Å². The average Bonchev–Trinajstić information content (AvgIpc) is 2.60. The van der Waals surface area contributed by atoms with E-state index in [1.165, 1.54) is 25.3 Å². The van der Waals surface area contributed by atoms with Gasteiger partial charge in [-0.25, -0.2) is 12.8 Å². The van der Waals surface area contributed by atoms with Crippen LogP contribution in [0.4, 0.5) is 10.1 Å². The van der Waals surface area contributed by atoms with Gasteiger partial charge in [0.05, 0.1) is 13.7 Å². The third-order valence-corrected chi connectivity index (χ3v) is 5.45. The van der Waals surface area contributed by atoms with Crippen molar-refractivity contribution in [1.29, 1.82) is 0 Å². The maximum absolute atomic E-state index is 13.8. The Morgan fingerprint density at radius 2 is 1.80 bits per heavy atom. The van der Waals surface area contributed by atoms with Crippen LogP contribution in [0.5, 0.6) is 5.75 Å². The van der Waals surface area contributed by atoms with E-state index in [2.05, 4.69) is 5.32 Å². The number of halogens is 1. The number of methoxy groups -OCH3 is 1. The molecule has 0 spiro atoms. The summed E-state index contributed by atoms with van der Waals surface area (Å²) in [5.41, 5.74) is 0.505. The highest BCUT2D eigenvalue weighted by molar-refractivity contribution is 7.89. The first-order valence-electron chi connectivity index (χ1n) is 7.57. The van der Waals surface area contributed by atoms with Crippen LogP contribution in [0.1, 0.15) is 6.92 Å². The highest BCUT2D eigenvalue weighted by Gasteiger charge is 2.27. The highest BCUT2D eigenvalue weighted by atomic mass is 32.2. The topological polar surface area (TPSA) is 75.7 Å². The number of anilines is 1. The van der Waals surface area contributed by atoms with Crippen LogP contribution >= 0.6 is 0 Å². The second-order valence-electron chi connectivity index (χ2n) is 5.14. The second kappa shape index (κ2) is 8.09. The Balaban J connectivity index is 2.12.